The molecule has 0 bridgehead atoms. The molecule has 1 N–H and O–H groups in total. The van der Waals surface area contributed by atoms with Gasteiger partial charge in [0.25, 0.3) is 0 Å². The monoisotopic (exact) mass is 234 g/mol. The summed E-state index contributed by atoms with van der Waals surface area (Å²) in [5.41, 5.74) is 2.22. The molecule has 1 aromatic carbocycles. The third-order valence-corrected chi connectivity index (χ3v) is 2.62. The van der Waals surface area contributed by atoms with Gasteiger partial charge >= 0.3 is 0 Å². The molecule has 0 aliphatic carbocycles. The lowest BCUT2D eigenvalue weighted by Crippen LogP contribution is -1.97. The van der Waals surface area contributed by atoms with Crippen molar-refractivity contribution in [2.45, 2.75) is 0 Å². The number of aromatic amines is 1. The highest BCUT2D eigenvalue weighted by atomic mass is 15.4. The van der Waals surface area contributed by atoms with Gasteiger partial charge in [-0.25, -0.2) is 0 Å². The largest absolute Gasteiger partial charge is 0.328 e. The Hall–Kier alpha value is -3.12. The van der Waals surface area contributed by atoms with Crippen molar-refractivity contribution in [2.75, 3.05) is 0 Å². The Morgan fingerprint density at radius 1 is 1.11 bits per heavy atom. The highest BCUT2D eigenvalue weighted by Crippen LogP contribution is 2.21. The molecule has 0 aliphatic rings. The number of hydrogen-bond acceptors (Lipinski definition) is 4. The summed E-state index contributed by atoms with van der Waals surface area (Å²) in [6, 6.07) is 13.3. The minimum atomic E-state index is 0.210. The fraction of sp³-hybridized carbons (Fsp3) is 0. The number of hydrogen-bond donors (Lipinski definition) is 1. The SMILES string of the molecule is N#Cc1[nH]c2c(nnn2-c2ccccc2)c1C#N. The van der Waals surface area contributed by atoms with Crippen LogP contribution in [0, 0.1) is 22.7 Å². The van der Waals surface area contributed by atoms with Crippen LogP contribution in [-0.4, -0.2) is 20.0 Å². The zero-order chi connectivity index (χ0) is 12.5. The summed E-state index contributed by atoms with van der Waals surface area (Å²) in [6.45, 7) is 0. The van der Waals surface area contributed by atoms with Gasteiger partial charge in [0.05, 0.1) is 5.69 Å². The molecule has 0 saturated heterocycles. The maximum absolute atomic E-state index is 9.02. The molecular weight excluding hydrogens is 228 g/mol. The predicted octanol–water partition coefficient (Wildman–Crippen LogP) is 1.49. The molecule has 0 amide bonds. The van der Waals surface area contributed by atoms with Crippen LogP contribution in [-0.2, 0) is 0 Å². The molecule has 0 aliphatic heterocycles. The first-order chi connectivity index (χ1) is 8.85. The van der Waals surface area contributed by atoms with Crippen LogP contribution in [0.4, 0.5) is 0 Å². The van der Waals surface area contributed by atoms with Crippen LogP contribution in [0.3, 0.4) is 0 Å². The zero-order valence-electron chi connectivity index (χ0n) is 9.12. The quantitative estimate of drug-likeness (QED) is 0.690. The van der Waals surface area contributed by atoms with E-state index in [9.17, 15) is 0 Å². The maximum Gasteiger partial charge on any atom is 0.164 e. The molecule has 6 nitrogen and oxygen atoms in total. The molecule has 84 valence electrons. The molecule has 0 atom stereocenters. The van der Waals surface area contributed by atoms with E-state index in [-0.39, 0.29) is 11.3 Å². The van der Waals surface area contributed by atoms with Gasteiger partial charge in [0.1, 0.15) is 23.4 Å². The van der Waals surface area contributed by atoms with Crippen molar-refractivity contribution in [2.24, 2.45) is 0 Å². The van der Waals surface area contributed by atoms with Crippen LogP contribution >= 0.6 is 0 Å². The van der Waals surface area contributed by atoms with Crippen LogP contribution in [0.2, 0.25) is 0 Å². The van der Waals surface area contributed by atoms with Gasteiger partial charge in [-0.2, -0.15) is 15.2 Å². The third kappa shape index (κ3) is 1.27. The lowest BCUT2D eigenvalue weighted by molar-refractivity contribution is 0.814. The van der Waals surface area contributed by atoms with Crippen LogP contribution in [0.15, 0.2) is 30.3 Å². The van der Waals surface area contributed by atoms with E-state index in [4.69, 9.17) is 10.5 Å². The summed E-state index contributed by atoms with van der Waals surface area (Å²) < 4.78 is 1.57. The number of para-hydroxylation sites is 1. The average molecular weight is 234 g/mol. The van der Waals surface area contributed by atoms with E-state index in [0.717, 1.165) is 5.69 Å². The summed E-state index contributed by atoms with van der Waals surface area (Å²) in [7, 11) is 0. The molecule has 0 saturated carbocycles. The summed E-state index contributed by atoms with van der Waals surface area (Å²) in [5, 5.41) is 25.9. The first-order valence-electron chi connectivity index (χ1n) is 5.18. The van der Waals surface area contributed by atoms with E-state index in [1.54, 1.807) is 4.68 Å². The highest BCUT2D eigenvalue weighted by molar-refractivity contribution is 5.82. The highest BCUT2D eigenvalue weighted by Gasteiger charge is 2.17. The number of aromatic nitrogens is 4. The fourth-order valence-corrected chi connectivity index (χ4v) is 1.80. The Balaban J connectivity index is 2.32. The molecule has 0 spiro atoms. The number of H-pyrrole nitrogens is 1. The lowest BCUT2D eigenvalue weighted by atomic mass is 10.2. The van der Waals surface area contributed by atoms with Crippen molar-refractivity contribution in [3.05, 3.63) is 41.6 Å². The molecule has 6 heteroatoms. The van der Waals surface area contributed by atoms with E-state index in [1.807, 2.05) is 42.5 Å². The standard InChI is InChI=1S/C12H6N6/c13-6-9-10(7-14)15-12-11(9)16-17-18(12)8-4-2-1-3-5-8/h1-5,15H. The van der Waals surface area contributed by atoms with Crippen molar-refractivity contribution in [1.29, 1.82) is 10.5 Å². The van der Waals surface area contributed by atoms with Crippen LogP contribution in [0.25, 0.3) is 16.9 Å². The lowest BCUT2D eigenvalue weighted by Gasteiger charge is -1.98. The number of nitrogens with zero attached hydrogens (tertiary/aromatic N) is 5. The Labute approximate surface area is 102 Å². The van der Waals surface area contributed by atoms with Crippen molar-refractivity contribution in [3.63, 3.8) is 0 Å². The van der Waals surface area contributed by atoms with Gasteiger partial charge in [0.15, 0.2) is 11.2 Å². The Kier molecular flexibility index (Phi) is 2.08. The van der Waals surface area contributed by atoms with Gasteiger partial charge in [-0.1, -0.05) is 23.4 Å². The fourth-order valence-electron chi connectivity index (χ4n) is 1.80. The van der Waals surface area contributed by atoms with Gasteiger partial charge < -0.3 is 4.98 Å². The molecule has 0 unspecified atom stereocenters. The second-order valence-corrected chi connectivity index (χ2v) is 3.63. The third-order valence-electron chi connectivity index (χ3n) is 2.62. The normalized spacial score (nSPS) is 10.1. The van der Waals surface area contributed by atoms with Crippen molar-refractivity contribution in [3.8, 4) is 17.8 Å². The summed E-state index contributed by atoms with van der Waals surface area (Å²) in [4.78, 5) is 2.87. The Morgan fingerprint density at radius 2 is 1.89 bits per heavy atom. The van der Waals surface area contributed by atoms with Gasteiger partial charge in [0.2, 0.25) is 0 Å². The molecule has 3 aromatic rings. The number of rotatable bonds is 1. The Bertz CT molecular complexity index is 797. The minimum absolute atomic E-state index is 0.210. The van der Waals surface area contributed by atoms with Crippen LogP contribution in [0.1, 0.15) is 11.3 Å². The van der Waals surface area contributed by atoms with Gasteiger partial charge in [-0.3, -0.25) is 0 Å². The van der Waals surface area contributed by atoms with Crippen molar-refractivity contribution >= 4 is 11.2 Å². The first-order valence-corrected chi connectivity index (χ1v) is 5.18. The predicted molar refractivity (Wildman–Crippen MR) is 62.6 cm³/mol. The zero-order valence-corrected chi connectivity index (χ0v) is 9.12. The average Bonchev–Trinajstić information content (AvgIpc) is 2.97. The van der Waals surface area contributed by atoms with E-state index < -0.39 is 0 Å². The van der Waals surface area contributed by atoms with Crippen LogP contribution in [0.5, 0.6) is 0 Å². The summed E-state index contributed by atoms with van der Waals surface area (Å²) in [6.07, 6.45) is 0. The van der Waals surface area contributed by atoms with E-state index >= 15 is 0 Å². The number of benzene rings is 1. The van der Waals surface area contributed by atoms with Gasteiger partial charge in [-0.05, 0) is 12.1 Å². The molecule has 0 radical (unpaired) electrons. The summed E-state index contributed by atoms with van der Waals surface area (Å²) >= 11 is 0. The second-order valence-electron chi connectivity index (χ2n) is 3.63. The van der Waals surface area contributed by atoms with Gasteiger partial charge in [0, 0.05) is 0 Å². The smallest absolute Gasteiger partial charge is 0.164 e. The Morgan fingerprint density at radius 3 is 2.56 bits per heavy atom. The maximum atomic E-state index is 9.02. The van der Waals surface area contributed by atoms with E-state index in [2.05, 4.69) is 15.3 Å². The molecule has 0 fully saturated rings. The minimum Gasteiger partial charge on any atom is -0.328 e. The number of nitrogens with one attached hydrogen (secondary N) is 1. The first kappa shape index (κ1) is 10.1. The van der Waals surface area contributed by atoms with E-state index in [1.165, 1.54) is 0 Å². The van der Waals surface area contributed by atoms with Crippen LogP contribution < -0.4 is 0 Å². The molecule has 2 aromatic heterocycles. The number of nitriles is 2. The van der Waals surface area contributed by atoms with Crippen molar-refractivity contribution in [1.82, 2.24) is 20.0 Å². The molecule has 2 heterocycles. The van der Waals surface area contributed by atoms with Crippen molar-refractivity contribution < 1.29 is 0 Å². The topological polar surface area (TPSA) is 94.1 Å². The van der Waals surface area contributed by atoms with E-state index in [0.29, 0.717) is 11.2 Å². The number of fused-ring (bicyclic) bond motifs is 1. The summed E-state index contributed by atoms with van der Waals surface area (Å²) in [5.74, 6) is 0. The molecule has 3 rings (SSSR count). The molecular formula is C12H6N6. The molecule has 18 heavy (non-hydrogen) atoms. The van der Waals surface area contributed by atoms with Gasteiger partial charge in [-0.15, -0.1) is 5.10 Å². The second kappa shape index (κ2) is 3.72.